The van der Waals surface area contributed by atoms with Crippen LogP contribution in [0, 0.1) is 0 Å². The number of rotatable bonds is 8. The Kier molecular flexibility index (Phi) is 7.93. The van der Waals surface area contributed by atoms with Crippen molar-refractivity contribution in [3.05, 3.63) is 27.7 Å². The van der Waals surface area contributed by atoms with Crippen LogP contribution in [0.3, 0.4) is 0 Å². The number of hydrogen-bond donors (Lipinski definition) is 2. The molecule has 0 fully saturated rings. The molecule has 0 aromatic heterocycles. The summed E-state index contributed by atoms with van der Waals surface area (Å²) in [5.41, 5.74) is 0.399. The van der Waals surface area contributed by atoms with Crippen LogP contribution in [-0.2, 0) is 4.79 Å². The molecule has 0 unspecified atom stereocenters. The Balaban J connectivity index is 2.47. The van der Waals surface area contributed by atoms with E-state index in [0.29, 0.717) is 28.6 Å². The van der Waals surface area contributed by atoms with Crippen molar-refractivity contribution in [2.45, 2.75) is 30.6 Å². The lowest BCUT2D eigenvalue weighted by molar-refractivity contribution is -0.137. The van der Waals surface area contributed by atoms with Crippen LogP contribution in [-0.4, -0.2) is 29.8 Å². The molecule has 0 saturated heterocycles. The first-order valence-electron chi connectivity index (χ1n) is 6.48. The highest BCUT2D eigenvalue weighted by atomic mass is 35.5. The molecule has 1 aromatic rings. The van der Waals surface area contributed by atoms with Gasteiger partial charge in [0.2, 0.25) is 0 Å². The lowest BCUT2D eigenvalue weighted by Gasteiger charge is -2.09. The molecule has 0 radical (unpaired) electrons. The standard InChI is InChI=1S/C14H17Cl2NO3S/c1-21-12-7-9(10(15)8-11(12)16)14(20)17-6-4-2-3-5-13(18)19/h7-8H,2-6H2,1H3,(H,17,20)(H,18,19). The van der Waals surface area contributed by atoms with E-state index in [1.165, 1.54) is 11.8 Å². The molecule has 0 saturated carbocycles. The number of carbonyl (C=O) groups is 2. The molecular formula is C14H17Cl2NO3S. The van der Waals surface area contributed by atoms with E-state index in [2.05, 4.69) is 5.32 Å². The van der Waals surface area contributed by atoms with Crippen LogP contribution >= 0.6 is 35.0 Å². The lowest BCUT2D eigenvalue weighted by Crippen LogP contribution is -2.24. The number of halogens is 2. The van der Waals surface area contributed by atoms with E-state index >= 15 is 0 Å². The van der Waals surface area contributed by atoms with E-state index in [4.69, 9.17) is 28.3 Å². The molecule has 0 atom stereocenters. The first-order valence-corrected chi connectivity index (χ1v) is 8.46. The third kappa shape index (κ3) is 6.16. The molecular weight excluding hydrogens is 333 g/mol. The number of benzene rings is 1. The van der Waals surface area contributed by atoms with Crippen molar-refractivity contribution in [1.82, 2.24) is 5.32 Å². The molecule has 1 aromatic carbocycles. The van der Waals surface area contributed by atoms with E-state index in [1.807, 2.05) is 6.26 Å². The number of aliphatic carboxylic acids is 1. The minimum Gasteiger partial charge on any atom is -0.481 e. The molecule has 0 aliphatic heterocycles. The van der Waals surface area contributed by atoms with Crippen LogP contribution in [0.25, 0.3) is 0 Å². The first kappa shape index (κ1) is 18.1. The van der Waals surface area contributed by atoms with Crippen molar-refractivity contribution in [3.8, 4) is 0 Å². The summed E-state index contributed by atoms with van der Waals surface area (Å²) in [6, 6.07) is 3.24. The second-order valence-corrected chi connectivity index (χ2v) is 6.09. The number of hydrogen-bond acceptors (Lipinski definition) is 3. The summed E-state index contributed by atoms with van der Waals surface area (Å²) in [5.74, 6) is -1.04. The van der Waals surface area contributed by atoms with Crippen LogP contribution in [0.15, 0.2) is 17.0 Å². The average molecular weight is 350 g/mol. The van der Waals surface area contributed by atoms with E-state index in [0.717, 1.165) is 17.7 Å². The number of carboxylic acids is 1. The van der Waals surface area contributed by atoms with Crippen molar-refractivity contribution in [2.75, 3.05) is 12.8 Å². The predicted octanol–water partition coefficient (Wildman–Crippen LogP) is 4.09. The summed E-state index contributed by atoms with van der Waals surface area (Å²) >= 11 is 13.5. The molecule has 0 aliphatic carbocycles. The largest absolute Gasteiger partial charge is 0.481 e. The SMILES string of the molecule is CSc1cc(C(=O)NCCCCCC(=O)O)c(Cl)cc1Cl. The van der Waals surface area contributed by atoms with Gasteiger partial charge in [-0.05, 0) is 31.2 Å². The Bertz CT molecular complexity index is 523. The molecule has 0 bridgehead atoms. The quantitative estimate of drug-likeness (QED) is 0.547. The van der Waals surface area contributed by atoms with Gasteiger partial charge in [-0.1, -0.05) is 29.6 Å². The fraction of sp³-hybridized carbons (Fsp3) is 0.429. The van der Waals surface area contributed by atoms with Gasteiger partial charge in [0, 0.05) is 17.9 Å². The molecule has 2 N–H and O–H groups in total. The smallest absolute Gasteiger partial charge is 0.303 e. The Labute approximate surface area is 138 Å². The van der Waals surface area contributed by atoms with Crippen LogP contribution in [0.2, 0.25) is 10.0 Å². The maximum atomic E-state index is 12.0. The van der Waals surface area contributed by atoms with Crippen molar-refractivity contribution < 1.29 is 14.7 Å². The van der Waals surface area contributed by atoms with Crippen LogP contribution in [0.5, 0.6) is 0 Å². The first-order chi connectivity index (χ1) is 9.95. The molecule has 7 heteroatoms. The number of unbranched alkanes of at least 4 members (excludes halogenated alkanes) is 2. The van der Waals surface area contributed by atoms with E-state index in [-0.39, 0.29) is 12.3 Å². The molecule has 116 valence electrons. The zero-order chi connectivity index (χ0) is 15.8. The maximum absolute atomic E-state index is 12.0. The number of thioether (sulfide) groups is 1. The van der Waals surface area contributed by atoms with Gasteiger partial charge in [0.05, 0.1) is 15.6 Å². The van der Waals surface area contributed by atoms with E-state index in [9.17, 15) is 9.59 Å². The Morgan fingerprint density at radius 3 is 2.52 bits per heavy atom. The number of carbonyl (C=O) groups excluding carboxylic acids is 1. The zero-order valence-corrected chi connectivity index (χ0v) is 13.9. The molecule has 0 heterocycles. The summed E-state index contributed by atoms with van der Waals surface area (Å²) in [5, 5.41) is 12.1. The van der Waals surface area contributed by atoms with Gasteiger partial charge >= 0.3 is 5.97 Å². The highest BCUT2D eigenvalue weighted by Gasteiger charge is 2.13. The molecule has 21 heavy (non-hydrogen) atoms. The topological polar surface area (TPSA) is 66.4 Å². The van der Waals surface area contributed by atoms with Gasteiger partial charge in [-0.15, -0.1) is 11.8 Å². The summed E-state index contributed by atoms with van der Waals surface area (Å²) in [6.45, 7) is 0.492. The predicted molar refractivity (Wildman–Crippen MR) is 86.7 cm³/mol. The van der Waals surface area contributed by atoms with Gasteiger partial charge in [0.15, 0.2) is 0 Å². The van der Waals surface area contributed by atoms with Crippen molar-refractivity contribution in [2.24, 2.45) is 0 Å². The number of nitrogens with one attached hydrogen (secondary N) is 1. The fourth-order valence-corrected chi connectivity index (χ4v) is 2.92. The Morgan fingerprint density at radius 2 is 1.90 bits per heavy atom. The minimum atomic E-state index is -0.795. The zero-order valence-electron chi connectivity index (χ0n) is 11.6. The molecule has 0 spiro atoms. The summed E-state index contributed by atoms with van der Waals surface area (Å²) in [4.78, 5) is 23.2. The Morgan fingerprint density at radius 1 is 1.19 bits per heavy atom. The second kappa shape index (κ2) is 9.18. The van der Waals surface area contributed by atoms with Gasteiger partial charge in [-0.2, -0.15) is 0 Å². The van der Waals surface area contributed by atoms with Crippen LogP contribution in [0.4, 0.5) is 0 Å². The molecule has 1 rings (SSSR count). The van der Waals surface area contributed by atoms with Crippen LogP contribution in [0.1, 0.15) is 36.0 Å². The van der Waals surface area contributed by atoms with E-state index in [1.54, 1.807) is 12.1 Å². The minimum absolute atomic E-state index is 0.161. The van der Waals surface area contributed by atoms with E-state index < -0.39 is 5.97 Å². The lowest BCUT2D eigenvalue weighted by atomic mass is 10.2. The third-order valence-corrected chi connectivity index (χ3v) is 4.35. The summed E-state index contributed by atoms with van der Waals surface area (Å²) in [6.07, 6.45) is 4.15. The third-order valence-electron chi connectivity index (χ3n) is 2.84. The fourth-order valence-electron chi connectivity index (χ4n) is 1.73. The highest BCUT2D eigenvalue weighted by molar-refractivity contribution is 7.98. The van der Waals surface area contributed by atoms with Crippen LogP contribution < -0.4 is 5.32 Å². The van der Waals surface area contributed by atoms with Gasteiger partial charge in [-0.25, -0.2) is 0 Å². The van der Waals surface area contributed by atoms with Gasteiger partial charge in [0.25, 0.3) is 5.91 Å². The Hall–Kier alpha value is -0.910. The van der Waals surface area contributed by atoms with Gasteiger partial charge < -0.3 is 10.4 Å². The number of carboxylic acid groups (broad SMARTS) is 1. The van der Waals surface area contributed by atoms with Crippen molar-refractivity contribution in [1.29, 1.82) is 0 Å². The maximum Gasteiger partial charge on any atom is 0.303 e. The normalized spacial score (nSPS) is 10.4. The van der Waals surface area contributed by atoms with Gasteiger partial charge in [0.1, 0.15) is 0 Å². The second-order valence-electron chi connectivity index (χ2n) is 4.43. The van der Waals surface area contributed by atoms with Crippen molar-refractivity contribution >= 4 is 46.8 Å². The average Bonchev–Trinajstić information content (AvgIpc) is 2.42. The summed E-state index contributed by atoms with van der Waals surface area (Å²) in [7, 11) is 0. The molecule has 0 aliphatic rings. The molecule has 4 nitrogen and oxygen atoms in total. The number of amides is 1. The monoisotopic (exact) mass is 349 g/mol. The van der Waals surface area contributed by atoms with Crippen molar-refractivity contribution in [3.63, 3.8) is 0 Å². The molecule has 1 amide bonds. The highest BCUT2D eigenvalue weighted by Crippen LogP contribution is 2.31. The van der Waals surface area contributed by atoms with Gasteiger partial charge in [-0.3, -0.25) is 9.59 Å². The summed E-state index contributed by atoms with van der Waals surface area (Å²) < 4.78 is 0.